The van der Waals surface area contributed by atoms with Gasteiger partial charge in [-0.1, -0.05) is 30.3 Å². The average Bonchev–Trinajstić information content (AvgIpc) is 2.80. The van der Waals surface area contributed by atoms with E-state index >= 15 is 0 Å². The van der Waals surface area contributed by atoms with E-state index in [0.29, 0.717) is 12.5 Å². The minimum atomic E-state index is 0.520. The first-order valence-corrected chi connectivity index (χ1v) is 9.58. The molecule has 0 atom stereocenters. The van der Waals surface area contributed by atoms with Crippen LogP contribution in [0.25, 0.3) is 0 Å². The Morgan fingerprint density at radius 3 is 2.20 bits per heavy atom. The maximum atomic E-state index is 5.81. The molecule has 3 aromatic carbocycles. The van der Waals surface area contributed by atoms with Gasteiger partial charge in [-0.15, -0.1) is 0 Å². The lowest BCUT2D eigenvalue weighted by molar-refractivity contribution is 0.414. The minimum absolute atomic E-state index is 0.520. The lowest BCUT2D eigenvalue weighted by atomic mass is 10.2. The topological polar surface area (TPSA) is 68.3 Å². The molecule has 0 aliphatic heterocycles. The van der Waals surface area contributed by atoms with Crippen molar-refractivity contribution < 1.29 is 9.47 Å². The first-order valence-electron chi connectivity index (χ1n) is 9.58. The van der Waals surface area contributed by atoms with Gasteiger partial charge < -0.3 is 20.1 Å². The van der Waals surface area contributed by atoms with E-state index in [-0.39, 0.29) is 0 Å². The molecule has 1 heterocycles. The summed E-state index contributed by atoms with van der Waals surface area (Å²) in [6.07, 6.45) is 1.72. The van der Waals surface area contributed by atoms with Gasteiger partial charge in [0, 0.05) is 18.4 Å². The summed E-state index contributed by atoms with van der Waals surface area (Å²) in [5, 5.41) is 6.52. The van der Waals surface area contributed by atoms with Crippen LogP contribution in [0.15, 0.2) is 91.1 Å². The maximum absolute atomic E-state index is 5.81. The second-order valence-electron chi connectivity index (χ2n) is 6.53. The third-order valence-electron chi connectivity index (χ3n) is 4.38. The molecule has 0 bridgehead atoms. The molecule has 4 aromatic rings. The van der Waals surface area contributed by atoms with Crippen LogP contribution in [-0.2, 0) is 6.54 Å². The third-order valence-corrected chi connectivity index (χ3v) is 4.38. The number of aromatic nitrogens is 2. The van der Waals surface area contributed by atoms with Crippen molar-refractivity contribution in [1.82, 2.24) is 9.97 Å². The summed E-state index contributed by atoms with van der Waals surface area (Å²) in [5.74, 6) is 3.67. The zero-order valence-electron chi connectivity index (χ0n) is 16.6. The number of hydrogen-bond donors (Lipinski definition) is 2. The van der Waals surface area contributed by atoms with Gasteiger partial charge in [0.25, 0.3) is 0 Å². The van der Waals surface area contributed by atoms with Crippen LogP contribution >= 0.6 is 0 Å². The molecule has 0 fully saturated rings. The summed E-state index contributed by atoms with van der Waals surface area (Å²) in [5.41, 5.74) is 2.01. The van der Waals surface area contributed by atoms with Gasteiger partial charge in [0.1, 0.15) is 23.1 Å². The van der Waals surface area contributed by atoms with Crippen LogP contribution in [0.4, 0.5) is 17.5 Å². The van der Waals surface area contributed by atoms with Crippen LogP contribution in [0.5, 0.6) is 17.2 Å². The molecule has 150 valence electrons. The van der Waals surface area contributed by atoms with Gasteiger partial charge in [-0.2, -0.15) is 4.98 Å². The predicted octanol–water partition coefficient (Wildman–Crippen LogP) is 5.63. The molecule has 0 radical (unpaired) electrons. The highest BCUT2D eigenvalue weighted by molar-refractivity contribution is 5.56. The fraction of sp³-hybridized carbons (Fsp3) is 0.0833. The number of hydrogen-bond acceptors (Lipinski definition) is 6. The summed E-state index contributed by atoms with van der Waals surface area (Å²) in [7, 11) is 1.66. The number of anilines is 3. The molecule has 0 amide bonds. The van der Waals surface area contributed by atoms with Crippen LogP contribution in [0.1, 0.15) is 5.56 Å². The van der Waals surface area contributed by atoms with Crippen molar-refractivity contribution in [2.45, 2.75) is 6.54 Å². The number of nitrogens with zero attached hydrogens (tertiary/aromatic N) is 2. The smallest absolute Gasteiger partial charge is 0.229 e. The second kappa shape index (κ2) is 9.43. The largest absolute Gasteiger partial charge is 0.497 e. The van der Waals surface area contributed by atoms with E-state index in [2.05, 4.69) is 20.6 Å². The number of benzene rings is 3. The maximum Gasteiger partial charge on any atom is 0.229 e. The molecule has 0 unspecified atom stereocenters. The van der Waals surface area contributed by atoms with E-state index in [4.69, 9.17) is 9.47 Å². The quantitative estimate of drug-likeness (QED) is 0.401. The normalized spacial score (nSPS) is 10.3. The van der Waals surface area contributed by atoms with E-state index in [1.165, 1.54) is 0 Å². The first-order chi connectivity index (χ1) is 14.8. The number of rotatable bonds is 8. The van der Waals surface area contributed by atoms with Crippen LogP contribution in [0.2, 0.25) is 0 Å². The van der Waals surface area contributed by atoms with Crippen molar-refractivity contribution in [3.8, 4) is 17.2 Å². The van der Waals surface area contributed by atoms with Crippen LogP contribution in [0.3, 0.4) is 0 Å². The number of para-hydroxylation sites is 1. The Balaban J connectivity index is 1.35. The van der Waals surface area contributed by atoms with Gasteiger partial charge in [-0.25, -0.2) is 4.98 Å². The Hall–Kier alpha value is -4.06. The van der Waals surface area contributed by atoms with Crippen molar-refractivity contribution in [2.75, 3.05) is 17.7 Å². The standard InChI is InChI=1S/C24H22N4O2/c1-29-20-11-7-18(8-12-20)17-26-23-15-16-25-24(28-23)27-19-9-13-22(14-10-19)30-21-5-3-2-4-6-21/h2-16H,17H2,1H3,(H2,25,26,27,28). The second-order valence-corrected chi connectivity index (χ2v) is 6.53. The monoisotopic (exact) mass is 398 g/mol. The number of methoxy groups -OCH3 is 1. The minimum Gasteiger partial charge on any atom is -0.497 e. The molecule has 0 saturated heterocycles. The van der Waals surface area contributed by atoms with Crippen molar-refractivity contribution in [3.63, 3.8) is 0 Å². The van der Waals surface area contributed by atoms with Gasteiger partial charge >= 0.3 is 0 Å². The fourth-order valence-corrected chi connectivity index (χ4v) is 2.81. The molecule has 0 aliphatic rings. The molecular formula is C24H22N4O2. The Morgan fingerprint density at radius 1 is 0.767 bits per heavy atom. The van der Waals surface area contributed by atoms with Crippen LogP contribution in [0, 0.1) is 0 Å². The van der Waals surface area contributed by atoms with Crippen LogP contribution < -0.4 is 20.1 Å². The molecule has 30 heavy (non-hydrogen) atoms. The van der Waals surface area contributed by atoms with Crippen molar-refractivity contribution in [3.05, 3.63) is 96.7 Å². The molecule has 6 heteroatoms. The number of ether oxygens (including phenoxy) is 2. The zero-order valence-corrected chi connectivity index (χ0v) is 16.6. The highest BCUT2D eigenvalue weighted by Crippen LogP contribution is 2.24. The molecule has 0 spiro atoms. The molecule has 6 nitrogen and oxygen atoms in total. The fourth-order valence-electron chi connectivity index (χ4n) is 2.81. The zero-order chi connectivity index (χ0) is 20.6. The van der Waals surface area contributed by atoms with E-state index < -0.39 is 0 Å². The Labute approximate surface area is 175 Å². The van der Waals surface area contributed by atoms with E-state index in [1.807, 2.05) is 84.9 Å². The highest BCUT2D eigenvalue weighted by atomic mass is 16.5. The van der Waals surface area contributed by atoms with Crippen LogP contribution in [-0.4, -0.2) is 17.1 Å². The average molecular weight is 398 g/mol. The summed E-state index contributed by atoms with van der Waals surface area (Å²) < 4.78 is 11.0. The van der Waals surface area contributed by atoms with Gasteiger partial charge in [0.2, 0.25) is 5.95 Å². The van der Waals surface area contributed by atoms with E-state index in [0.717, 1.165) is 34.3 Å². The van der Waals surface area contributed by atoms with Crippen molar-refractivity contribution in [1.29, 1.82) is 0 Å². The first kappa shape index (κ1) is 19.3. The molecule has 2 N–H and O–H groups in total. The van der Waals surface area contributed by atoms with Gasteiger partial charge in [-0.3, -0.25) is 0 Å². The van der Waals surface area contributed by atoms with Gasteiger partial charge in [0.05, 0.1) is 7.11 Å². The predicted molar refractivity (Wildman–Crippen MR) is 119 cm³/mol. The van der Waals surface area contributed by atoms with Crippen molar-refractivity contribution in [2.24, 2.45) is 0 Å². The Kier molecular flexibility index (Phi) is 6.05. The molecular weight excluding hydrogens is 376 g/mol. The van der Waals surface area contributed by atoms with E-state index in [1.54, 1.807) is 13.3 Å². The van der Waals surface area contributed by atoms with Gasteiger partial charge in [-0.05, 0) is 60.2 Å². The summed E-state index contributed by atoms with van der Waals surface area (Å²) >= 11 is 0. The lowest BCUT2D eigenvalue weighted by Gasteiger charge is -2.10. The summed E-state index contributed by atoms with van der Waals surface area (Å²) in [4.78, 5) is 8.81. The van der Waals surface area contributed by atoms with Gasteiger partial charge in [0.15, 0.2) is 0 Å². The lowest BCUT2D eigenvalue weighted by Crippen LogP contribution is -2.04. The Morgan fingerprint density at radius 2 is 1.47 bits per heavy atom. The third kappa shape index (κ3) is 5.26. The molecule has 0 aliphatic carbocycles. The number of nitrogens with one attached hydrogen (secondary N) is 2. The SMILES string of the molecule is COc1ccc(CNc2ccnc(Nc3ccc(Oc4ccccc4)cc3)n2)cc1. The molecule has 0 saturated carbocycles. The highest BCUT2D eigenvalue weighted by Gasteiger charge is 2.02. The van der Waals surface area contributed by atoms with E-state index in [9.17, 15) is 0 Å². The Bertz CT molecular complexity index is 1070. The molecule has 1 aromatic heterocycles. The summed E-state index contributed by atoms with van der Waals surface area (Å²) in [6.45, 7) is 0.659. The molecule has 4 rings (SSSR count). The summed E-state index contributed by atoms with van der Waals surface area (Å²) in [6, 6.07) is 27.1. The van der Waals surface area contributed by atoms with Crippen molar-refractivity contribution >= 4 is 17.5 Å².